The summed E-state index contributed by atoms with van der Waals surface area (Å²) in [4.78, 5) is 18.3. The van der Waals surface area contributed by atoms with Gasteiger partial charge in [0.15, 0.2) is 11.6 Å². The largest absolute Gasteiger partial charge is 0.485 e. The first-order valence-electron chi connectivity index (χ1n) is 7.09. The quantitative estimate of drug-likeness (QED) is 0.869. The highest BCUT2D eigenvalue weighted by atomic mass is 35.5. The second-order valence-electron chi connectivity index (χ2n) is 5.26. The van der Waals surface area contributed by atoms with E-state index in [1.54, 1.807) is 17.9 Å². The molecule has 0 fully saturated rings. The molecule has 0 radical (unpaired) electrons. The van der Waals surface area contributed by atoms with Crippen molar-refractivity contribution in [1.29, 1.82) is 0 Å². The standard InChI is InChI=1S/C15H16ClN3O3/c1-9-8-19(12-5-3-4-11(16)15(12)21-9)14(20)7-6-13-17-10(2)18-22-13/h3-5,9H,6-8H2,1-2H3. The minimum Gasteiger partial charge on any atom is -0.485 e. The molecule has 2 heterocycles. The third-order valence-corrected chi connectivity index (χ3v) is 3.72. The molecule has 1 aromatic carbocycles. The normalized spacial score (nSPS) is 17.0. The van der Waals surface area contributed by atoms with Crippen LogP contribution in [0.5, 0.6) is 5.75 Å². The number of nitrogens with zero attached hydrogens (tertiary/aromatic N) is 3. The highest BCUT2D eigenvalue weighted by Crippen LogP contribution is 2.39. The number of carbonyl (C=O) groups is 1. The van der Waals surface area contributed by atoms with Crippen molar-refractivity contribution in [3.8, 4) is 5.75 Å². The first-order valence-corrected chi connectivity index (χ1v) is 7.47. The van der Waals surface area contributed by atoms with Gasteiger partial charge in [-0.1, -0.05) is 22.8 Å². The predicted octanol–water partition coefficient (Wildman–Crippen LogP) is 2.78. The number of rotatable bonds is 3. The van der Waals surface area contributed by atoms with Crippen LogP contribution in [0.15, 0.2) is 22.7 Å². The molecule has 2 aromatic rings. The van der Waals surface area contributed by atoms with E-state index in [1.165, 1.54) is 0 Å². The van der Waals surface area contributed by atoms with Crippen molar-refractivity contribution in [2.75, 3.05) is 11.4 Å². The van der Waals surface area contributed by atoms with Gasteiger partial charge < -0.3 is 14.2 Å². The molecule has 1 aliphatic heterocycles. The number of anilines is 1. The number of carbonyl (C=O) groups excluding carboxylic acids is 1. The lowest BCUT2D eigenvalue weighted by atomic mass is 10.1. The molecule has 1 atom stereocenters. The van der Waals surface area contributed by atoms with Crippen LogP contribution in [-0.2, 0) is 11.2 Å². The Morgan fingerprint density at radius 3 is 3.05 bits per heavy atom. The van der Waals surface area contributed by atoms with Gasteiger partial charge in [0, 0.05) is 12.8 Å². The molecule has 22 heavy (non-hydrogen) atoms. The smallest absolute Gasteiger partial charge is 0.227 e. The van der Waals surface area contributed by atoms with E-state index < -0.39 is 0 Å². The minimum absolute atomic E-state index is 0.0190. The highest BCUT2D eigenvalue weighted by Gasteiger charge is 2.29. The molecular weight excluding hydrogens is 306 g/mol. The van der Waals surface area contributed by atoms with Crippen molar-refractivity contribution < 1.29 is 14.1 Å². The van der Waals surface area contributed by atoms with Crippen LogP contribution in [0, 0.1) is 6.92 Å². The molecule has 116 valence electrons. The van der Waals surface area contributed by atoms with Gasteiger partial charge in [0.05, 0.1) is 17.3 Å². The van der Waals surface area contributed by atoms with Crippen molar-refractivity contribution >= 4 is 23.2 Å². The van der Waals surface area contributed by atoms with E-state index in [0.29, 0.717) is 47.6 Å². The SMILES string of the molecule is Cc1noc(CCC(=O)N2CC(C)Oc3c(Cl)cccc32)n1. The van der Waals surface area contributed by atoms with Crippen molar-refractivity contribution in [3.63, 3.8) is 0 Å². The zero-order chi connectivity index (χ0) is 15.7. The van der Waals surface area contributed by atoms with Gasteiger partial charge in [-0.05, 0) is 26.0 Å². The minimum atomic E-state index is -0.109. The summed E-state index contributed by atoms with van der Waals surface area (Å²) in [5.41, 5.74) is 0.706. The number of fused-ring (bicyclic) bond motifs is 1. The number of aryl methyl sites for hydroxylation is 2. The van der Waals surface area contributed by atoms with Crippen molar-refractivity contribution in [1.82, 2.24) is 10.1 Å². The Balaban J connectivity index is 1.77. The summed E-state index contributed by atoms with van der Waals surface area (Å²) in [6.45, 7) is 4.15. The zero-order valence-electron chi connectivity index (χ0n) is 12.4. The summed E-state index contributed by atoms with van der Waals surface area (Å²) in [5, 5.41) is 4.23. The molecule has 0 saturated carbocycles. The average Bonchev–Trinajstić information content (AvgIpc) is 2.91. The van der Waals surface area contributed by atoms with Gasteiger partial charge in [0.25, 0.3) is 0 Å². The number of para-hydroxylation sites is 1. The van der Waals surface area contributed by atoms with Crippen LogP contribution in [0.1, 0.15) is 25.1 Å². The Kier molecular flexibility index (Phi) is 4.02. The fourth-order valence-corrected chi connectivity index (χ4v) is 2.66. The molecule has 7 heteroatoms. The Morgan fingerprint density at radius 2 is 2.32 bits per heavy atom. The van der Waals surface area contributed by atoms with Crippen molar-refractivity contribution in [2.45, 2.75) is 32.8 Å². The van der Waals surface area contributed by atoms with Gasteiger partial charge in [0.1, 0.15) is 6.10 Å². The van der Waals surface area contributed by atoms with E-state index in [4.69, 9.17) is 20.9 Å². The number of hydrogen-bond acceptors (Lipinski definition) is 5. The third-order valence-electron chi connectivity index (χ3n) is 3.42. The third kappa shape index (κ3) is 2.92. The molecular formula is C15H16ClN3O3. The molecule has 0 saturated heterocycles. The van der Waals surface area contributed by atoms with Crippen molar-refractivity contribution in [2.24, 2.45) is 0 Å². The molecule has 0 aliphatic carbocycles. The van der Waals surface area contributed by atoms with Gasteiger partial charge >= 0.3 is 0 Å². The van der Waals surface area contributed by atoms with E-state index in [1.807, 2.05) is 19.1 Å². The van der Waals surface area contributed by atoms with Crippen LogP contribution >= 0.6 is 11.6 Å². The number of halogens is 1. The van der Waals surface area contributed by atoms with Gasteiger partial charge in [-0.15, -0.1) is 0 Å². The maximum atomic E-state index is 12.5. The van der Waals surface area contributed by atoms with Crippen LogP contribution in [-0.4, -0.2) is 28.7 Å². The number of hydrogen-bond donors (Lipinski definition) is 0. The van der Waals surface area contributed by atoms with E-state index in [-0.39, 0.29) is 12.0 Å². The van der Waals surface area contributed by atoms with Crippen LogP contribution < -0.4 is 9.64 Å². The second kappa shape index (κ2) is 5.96. The summed E-state index contributed by atoms with van der Waals surface area (Å²) >= 11 is 6.16. The van der Waals surface area contributed by atoms with E-state index in [0.717, 1.165) is 0 Å². The molecule has 1 amide bonds. The molecule has 6 nitrogen and oxygen atoms in total. The fourth-order valence-electron chi connectivity index (χ4n) is 2.45. The Hall–Kier alpha value is -2.08. The molecule has 1 aromatic heterocycles. The van der Waals surface area contributed by atoms with Gasteiger partial charge in [0.2, 0.25) is 11.8 Å². The zero-order valence-corrected chi connectivity index (χ0v) is 13.1. The summed E-state index contributed by atoms with van der Waals surface area (Å²) in [5.74, 6) is 1.58. The van der Waals surface area contributed by atoms with Crippen LogP contribution in [0.25, 0.3) is 0 Å². The van der Waals surface area contributed by atoms with Crippen LogP contribution in [0.4, 0.5) is 5.69 Å². The first-order chi connectivity index (χ1) is 10.5. The maximum absolute atomic E-state index is 12.5. The van der Waals surface area contributed by atoms with E-state index in [9.17, 15) is 4.79 Å². The van der Waals surface area contributed by atoms with Gasteiger partial charge in [-0.2, -0.15) is 4.98 Å². The fraction of sp³-hybridized carbons (Fsp3) is 0.400. The topological polar surface area (TPSA) is 68.5 Å². The Labute approximate surface area is 133 Å². The molecule has 0 bridgehead atoms. The molecule has 0 spiro atoms. The predicted molar refractivity (Wildman–Crippen MR) is 81.3 cm³/mol. The lowest BCUT2D eigenvalue weighted by Crippen LogP contribution is -2.42. The first kappa shape index (κ1) is 14.8. The lowest BCUT2D eigenvalue weighted by Gasteiger charge is -2.33. The Morgan fingerprint density at radius 1 is 1.50 bits per heavy atom. The highest BCUT2D eigenvalue weighted by molar-refractivity contribution is 6.32. The second-order valence-corrected chi connectivity index (χ2v) is 5.66. The number of amides is 1. The molecule has 1 unspecified atom stereocenters. The van der Waals surface area contributed by atoms with Crippen molar-refractivity contribution in [3.05, 3.63) is 34.9 Å². The molecule has 1 aliphatic rings. The Bertz CT molecular complexity index is 701. The maximum Gasteiger partial charge on any atom is 0.227 e. The molecule has 3 rings (SSSR count). The summed E-state index contributed by atoms with van der Waals surface area (Å²) in [6, 6.07) is 5.40. The average molecular weight is 322 g/mol. The summed E-state index contributed by atoms with van der Waals surface area (Å²) in [6.07, 6.45) is 0.601. The lowest BCUT2D eigenvalue weighted by molar-refractivity contribution is -0.119. The van der Waals surface area contributed by atoms with Gasteiger partial charge in [-0.3, -0.25) is 4.79 Å². The number of ether oxygens (including phenoxy) is 1. The van der Waals surface area contributed by atoms with Crippen LogP contribution in [0.3, 0.4) is 0 Å². The number of benzene rings is 1. The number of aromatic nitrogens is 2. The van der Waals surface area contributed by atoms with E-state index >= 15 is 0 Å². The monoisotopic (exact) mass is 321 g/mol. The summed E-state index contributed by atoms with van der Waals surface area (Å²) < 4.78 is 10.8. The van der Waals surface area contributed by atoms with E-state index in [2.05, 4.69) is 10.1 Å². The summed E-state index contributed by atoms with van der Waals surface area (Å²) in [7, 11) is 0. The van der Waals surface area contributed by atoms with Crippen LogP contribution in [0.2, 0.25) is 5.02 Å². The molecule has 0 N–H and O–H groups in total. The van der Waals surface area contributed by atoms with Gasteiger partial charge in [-0.25, -0.2) is 0 Å².